The summed E-state index contributed by atoms with van der Waals surface area (Å²) in [5.41, 5.74) is 0.0160. The maximum Gasteiger partial charge on any atom is 0.410 e. The summed E-state index contributed by atoms with van der Waals surface area (Å²) < 4.78 is 5.45. The molecule has 3 rings (SSSR count). The van der Waals surface area contributed by atoms with Crippen molar-refractivity contribution in [2.45, 2.75) is 52.1 Å². The van der Waals surface area contributed by atoms with Crippen LogP contribution < -0.4 is 0 Å². The number of hydrogen-bond donors (Lipinski definition) is 0. The quantitative estimate of drug-likeness (QED) is 0.693. The summed E-state index contributed by atoms with van der Waals surface area (Å²) in [5.74, 6) is 1.54. The second-order valence-corrected chi connectivity index (χ2v) is 8.12. The van der Waals surface area contributed by atoms with E-state index in [0.29, 0.717) is 23.2 Å². The van der Waals surface area contributed by atoms with Gasteiger partial charge in [0.25, 0.3) is 0 Å². The predicted molar refractivity (Wildman–Crippen MR) is 75.2 cm³/mol. The van der Waals surface area contributed by atoms with E-state index < -0.39 is 5.60 Å². The highest BCUT2D eigenvalue weighted by atomic mass is 16.6. The molecule has 2 unspecified atom stereocenters. The normalized spacial score (nSPS) is 39.5. The zero-order valence-corrected chi connectivity index (χ0v) is 12.7. The van der Waals surface area contributed by atoms with E-state index >= 15 is 0 Å². The van der Waals surface area contributed by atoms with Crippen molar-refractivity contribution in [3.05, 3.63) is 0 Å². The van der Waals surface area contributed by atoms with Gasteiger partial charge < -0.3 is 14.4 Å². The lowest BCUT2D eigenvalue weighted by Gasteiger charge is -2.44. The first kappa shape index (κ1) is 13.9. The highest BCUT2D eigenvalue weighted by Crippen LogP contribution is 2.60. The molecule has 1 spiro atoms. The van der Waals surface area contributed by atoms with Gasteiger partial charge in [-0.25, -0.2) is 4.79 Å². The van der Waals surface area contributed by atoms with E-state index in [9.17, 15) is 9.59 Å². The minimum atomic E-state index is -0.416. The Labute approximate surface area is 120 Å². The monoisotopic (exact) mass is 279 g/mol. The Morgan fingerprint density at radius 3 is 2.15 bits per heavy atom. The predicted octanol–water partition coefficient (Wildman–Crippen LogP) is 2.86. The molecule has 1 saturated heterocycles. The number of aldehydes is 1. The van der Waals surface area contributed by atoms with Crippen LogP contribution in [0.5, 0.6) is 0 Å². The number of rotatable bonds is 1. The largest absolute Gasteiger partial charge is 0.444 e. The molecule has 0 aromatic heterocycles. The summed E-state index contributed by atoms with van der Waals surface area (Å²) in [7, 11) is 0. The van der Waals surface area contributed by atoms with E-state index in [1.165, 1.54) is 12.8 Å². The number of amides is 1. The van der Waals surface area contributed by atoms with Gasteiger partial charge in [-0.15, -0.1) is 0 Å². The molecule has 3 aliphatic rings. The number of ether oxygens (including phenoxy) is 1. The number of fused-ring (bicyclic) bond motifs is 1. The van der Waals surface area contributed by atoms with Crippen molar-refractivity contribution < 1.29 is 14.3 Å². The standard InChI is InChI=1S/C16H25NO3/c1-15(2,3)20-14(19)17-8-12-6-16(7-13(12)9-17)4-11(5-16)10-18/h10-13H,4-9H2,1-3H3. The van der Waals surface area contributed by atoms with Crippen LogP contribution in [0.15, 0.2) is 0 Å². The maximum atomic E-state index is 12.1. The van der Waals surface area contributed by atoms with Crippen molar-refractivity contribution in [1.82, 2.24) is 4.90 Å². The number of carbonyl (C=O) groups excluding carboxylic acids is 2. The third-order valence-corrected chi connectivity index (χ3v) is 5.20. The average Bonchev–Trinajstić information content (AvgIpc) is 2.78. The van der Waals surface area contributed by atoms with Crippen LogP contribution in [0, 0.1) is 23.2 Å². The van der Waals surface area contributed by atoms with Crippen molar-refractivity contribution >= 4 is 12.4 Å². The summed E-state index contributed by atoms with van der Waals surface area (Å²) in [4.78, 5) is 24.7. The second kappa shape index (κ2) is 4.47. The fourth-order valence-electron chi connectivity index (χ4n) is 4.55. The first-order valence-electron chi connectivity index (χ1n) is 7.73. The van der Waals surface area contributed by atoms with Crippen molar-refractivity contribution in [2.24, 2.45) is 23.2 Å². The molecule has 4 nitrogen and oxygen atoms in total. The summed E-state index contributed by atoms with van der Waals surface area (Å²) in [5, 5.41) is 0. The van der Waals surface area contributed by atoms with Crippen molar-refractivity contribution in [1.29, 1.82) is 0 Å². The Bertz CT molecular complexity index is 404. The van der Waals surface area contributed by atoms with Gasteiger partial charge >= 0.3 is 6.09 Å². The molecule has 3 fully saturated rings. The van der Waals surface area contributed by atoms with Crippen molar-refractivity contribution in [3.63, 3.8) is 0 Å². The zero-order valence-electron chi connectivity index (χ0n) is 12.7. The van der Waals surface area contributed by atoms with Crippen molar-refractivity contribution in [2.75, 3.05) is 13.1 Å². The van der Waals surface area contributed by atoms with Gasteiger partial charge in [-0.05, 0) is 63.7 Å². The van der Waals surface area contributed by atoms with Gasteiger partial charge in [0.15, 0.2) is 0 Å². The van der Waals surface area contributed by atoms with Crippen LogP contribution in [-0.2, 0) is 9.53 Å². The smallest absolute Gasteiger partial charge is 0.410 e. The Hall–Kier alpha value is -1.06. The summed E-state index contributed by atoms with van der Waals surface area (Å²) in [6, 6.07) is 0. The van der Waals surface area contributed by atoms with Crippen LogP contribution in [0.1, 0.15) is 46.5 Å². The number of likely N-dealkylation sites (tertiary alicyclic amines) is 1. The molecular formula is C16H25NO3. The average molecular weight is 279 g/mol. The van der Waals surface area contributed by atoms with E-state index in [0.717, 1.165) is 32.2 Å². The van der Waals surface area contributed by atoms with Crippen molar-refractivity contribution in [3.8, 4) is 0 Å². The second-order valence-electron chi connectivity index (χ2n) is 8.12. The summed E-state index contributed by atoms with van der Waals surface area (Å²) in [6.07, 6.45) is 5.50. The summed E-state index contributed by atoms with van der Waals surface area (Å²) in [6.45, 7) is 7.40. The molecule has 0 bridgehead atoms. The fraction of sp³-hybridized carbons (Fsp3) is 0.875. The molecule has 2 saturated carbocycles. The molecule has 4 heteroatoms. The zero-order chi connectivity index (χ0) is 14.5. The Morgan fingerprint density at radius 1 is 1.15 bits per heavy atom. The highest BCUT2D eigenvalue weighted by molar-refractivity contribution is 5.68. The molecule has 2 atom stereocenters. The lowest BCUT2D eigenvalue weighted by atomic mass is 9.61. The lowest BCUT2D eigenvalue weighted by Crippen LogP contribution is -2.39. The van der Waals surface area contributed by atoms with Crippen LogP contribution in [0.4, 0.5) is 4.79 Å². The van der Waals surface area contributed by atoms with Gasteiger partial charge in [-0.2, -0.15) is 0 Å². The van der Waals surface area contributed by atoms with Gasteiger partial charge in [0, 0.05) is 19.0 Å². The number of hydrogen-bond acceptors (Lipinski definition) is 3. The van der Waals surface area contributed by atoms with E-state index in [1.54, 1.807) is 0 Å². The minimum Gasteiger partial charge on any atom is -0.444 e. The molecule has 0 radical (unpaired) electrons. The first-order chi connectivity index (χ1) is 9.30. The van der Waals surface area contributed by atoms with Crippen LogP contribution in [0.25, 0.3) is 0 Å². The third kappa shape index (κ3) is 2.45. The number of carbonyl (C=O) groups is 2. The molecule has 20 heavy (non-hydrogen) atoms. The minimum absolute atomic E-state index is 0.166. The van der Waals surface area contributed by atoms with Crippen LogP contribution in [0.3, 0.4) is 0 Å². The lowest BCUT2D eigenvalue weighted by molar-refractivity contribution is -0.117. The topological polar surface area (TPSA) is 46.6 Å². The van der Waals surface area contributed by atoms with Crippen LogP contribution in [-0.4, -0.2) is 36.0 Å². The number of nitrogens with zero attached hydrogens (tertiary/aromatic N) is 1. The van der Waals surface area contributed by atoms with Gasteiger partial charge in [0.05, 0.1) is 0 Å². The molecule has 0 N–H and O–H groups in total. The molecule has 0 aromatic carbocycles. The maximum absolute atomic E-state index is 12.1. The molecular weight excluding hydrogens is 254 g/mol. The molecule has 1 heterocycles. The fourth-order valence-corrected chi connectivity index (χ4v) is 4.55. The Kier molecular flexibility index (Phi) is 3.11. The van der Waals surface area contributed by atoms with E-state index in [2.05, 4.69) is 0 Å². The van der Waals surface area contributed by atoms with E-state index in [-0.39, 0.29) is 6.09 Å². The van der Waals surface area contributed by atoms with Gasteiger partial charge in [-0.3, -0.25) is 0 Å². The third-order valence-electron chi connectivity index (χ3n) is 5.20. The van der Waals surface area contributed by atoms with Gasteiger partial charge in [0.2, 0.25) is 0 Å². The van der Waals surface area contributed by atoms with E-state index in [1.807, 2.05) is 25.7 Å². The highest BCUT2D eigenvalue weighted by Gasteiger charge is 2.55. The van der Waals surface area contributed by atoms with E-state index in [4.69, 9.17) is 4.74 Å². The molecule has 112 valence electrons. The Balaban J connectivity index is 1.54. The molecule has 2 aliphatic carbocycles. The molecule has 1 amide bonds. The van der Waals surface area contributed by atoms with Gasteiger partial charge in [-0.1, -0.05) is 0 Å². The first-order valence-corrected chi connectivity index (χ1v) is 7.73. The molecule has 0 aromatic rings. The SMILES string of the molecule is CC(C)(C)OC(=O)N1CC2CC3(CC(C=O)C3)CC2C1. The van der Waals surface area contributed by atoms with Gasteiger partial charge in [0.1, 0.15) is 11.9 Å². The molecule has 1 aliphatic heterocycles. The van der Waals surface area contributed by atoms with Crippen LogP contribution in [0.2, 0.25) is 0 Å². The summed E-state index contributed by atoms with van der Waals surface area (Å²) >= 11 is 0. The Morgan fingerprint density at radius 2 is 1.70 bits per heavy atom. The van der Waals surface area contributed by atoms with Crippen LogP contribution >= 0.6 is 0 Å².